The highest BCUT2D eigenvalue weighted by molar-refractivity contribution is 7.89. The van der Waals surface area contributed by atoms with Crippen molar-refractivity contribution < 1.29 is 8.42 Å². The Morgan fingerprint density at radius 3 is 2.57 bits per heavy atom. The van der Waals surface area contributed by atoms with Gasteiger partial charge in [-0.15, -0.1) is 6.58 Å². The van der Waals surface area contributed by atoms with Crippen LogP contribution in [0.5, 0.6) is 0 Å². The molecule has 0 saturated carbocycles. The molecule has 4 nitrogen and oxygen atoms in total. The molecule has 0 amide bonds. The van der Waals surface area contributed by atoms with Crippen LogP contribution in [0.15, 0.2) is 12.7 Å². The van der Waals surface area contributed by atoms with Crippen LogP contribution in [-0.2, 0) is 10.0 Å². The lowest BCUT2D eigenvalue weighted by molar-refractivity contribution is 0.461. The first-order valence-electron chi connectivity index (χ1n) is 4.79. The van der Waals surface area contributed by atoms with E-state index in [2.05, 4.69) is 6.58 Å². The van der Waals surface area contributed by atoms with Crippen LogP contribution in [0.2, 0.25) is 0 Å². The smallest absolute Gasteiger partial charge is 0.213 e. The molecular formula is C9H20N2O2S. The zero-order chi connectivity index (χ0) is 11.0. The molecule has 0 aromatic rings. The number of unbranched alkanes of at least 4 members (excludes halogenated alkanes) is 1. The molecule has 0 aromatic carbocycles. The van der Waals surface area contributed by atoms with E-state index in [4.69, 9.17) is 5.73 Å². The summed E-state index contributed by atoms with van der Waals surface area (Å²) in [4.78, 5) is 0. The van der Waals surface area contributed by atoms with Crippen molar-refractivity contribution in [3.63, 3.8) is 0 Å². The molecule has 14 heavy (non-hydrogen) atoms. The van der Waals surface area contributed by atoms with Crippen molar-refractivity contribution in [2.45, 2.75) is 19.3 Å². The molecular weight excluding hydrogens is 200 g/mol. The van der Waals surface area contributed by atoms with Crippen molar-refractivity contribution in [1.29, 1.82) is 0 Å². The van der Waals surface area contributed by atoms with Crippen molar-refractivity contribution >= 4 is 10.0 Å². The predicted molar refractivity (Wildman–Crippen MR) is 59.5 cm³/mol. The second kappa shape index (κ2) is 6.98. The number of rotatable bonds is 8. The fourth-order valence-corrected chi connectivity index (χ4v) is 2.27. The summed E-state index contributed by atoms with van der Waals surface area (Å²) in [5.41, 5.74) is 5.26. The summed E-state index contributed by atoms with van der Waals surface area (Å²) in [7, 11) is -1.48. The van der Waals surface area contributed by atoms with Crippen LogP contribution in [0.3, 0.4) is 0 Å². The van der Waals surface area contributed by atoms with Crippen LogP contribution in [-0.4, -0.2) is 38.6 Å². The van der Waals surface area contributed by atoms with Crippen LogP contribution in [0, 0.1) is 0 Å². The van der Waals surface area contributed by atoms with Crippen molar-refractivity contribution in [2.75, 3.05) is 25.9 Å². The SMILES string of the molecule is C=CCCCN(C)S(=O)(=O)CCCN. The average Bonchev–Trinajstić information content (AvgIpc) is 2.15. The standard InChI is InChI=1S/C9H20N2O2S/c1-3-4-5-8-11(2)14(12,13)9-6-7-10/h3H,1,4-10H2,2H3. The van der Waals surface area contributed by atoms with Crippen LogP contribution < -0.4 is 5.73 Å². The van der Waals surface area contributed by atoms with Gasteiger partial charge in [0.1, 0.15) is 0 Å². The minimum absolute atomic E-state index is 0.147. The van der Waals surface area contributed by atoms with Crippen LogP contribution in [0.1, 0.15) is 19.3 Å². The monoisotopic (exact) mass is 220 g/mol. The molecule has 0 fully saturated rings. The zero-order valence-electron chi connectivity index (χ0n) is 8.78. The van der Waals surface area contributed by atoms with Crippen molar-refractivity contribution in [3.05, 3.63) is 12.7 Å². The van der Waals surface area contributed by atoms with E-state index in [0.717, 1.165) is 12.8 Å². The van der Waals surface area contributed by atoms with Crippen molar-refractivity contribution in [1.82, 2.24) is 4.31 Å². The van der Waals surface area contributed by atoms with Gasteiger partial charge in [0, 0.05) is 13.6 Å². The third-order valence-electron chi connectivity index (χ3n) is 1.96. The van der Waals surface area contributed by atoms with E-state index in [-0.39, 0.29) is 5.75 Å². The van der Waals surface area contributed by atoms with Gasteiger partial charge < -0.3 is 5.73 Å². The maximum absolute atomic E-state index is 11.5. The average molecular weight is 220 g/mol. The van der Waals surface area contributed by atoms with E-state index < -0.39 is 10.0 Å². The molecule has 0 aliphatic heterocycles. The lowest BCUT2D eigenvalue weighted by Gasteiger charge is -2.16. The molecule has 0 rings (SSSR count). The van der Waals surface area contributed by atoms with E-state index in [1.165, 1.54) is 4.31 Å². The topological polar surface area (TPSA) is 63.4 Å². The molecule has 0 aromatic heterocycles. The van der Waals surface area contributed by atoms with Crippen molar-refractivity contribution in [2.24, 2.45) is 5.73 Å². The minimum atomic E-state index is -3.08. The highest BCUT2D eigenvalue weighted by Crippen LogP contribution is 2.02. The molecule has 0 bridgehead atoms. The van der Waals surface area contributed by atoms with Gasteiger partial charge in [0.15, 0.2) is 0 Å². The Morgan fingerprint density at radius 2 is 2.07 bits per heavy atom. The molecule has 5 heteroatoms. The Hall–Kier alpha value is -0.390. The fourth-order valence-electron chi connectivity index (χ4n) is 1.02. The van der Waals surface area contributed by atoms with E-state index in [1.807, 2.05) is 0 Å². The van der Waals surface area contributed by atoms with Gasteiger partial charge in [-0.1, -0.05) is 6.08 Å². The van der Waals surface area contributed by atoms with Gasteiger partial charge in [-0.05, 0) is 25.8 Å². The predicted octanol–water partition coefficient (Wildman–Crippen LogP) is 0.563. The molecule has 2 N–H and O–H groups in total. The second-order valence-corrected chi connectivity index (χ2v) is 5.41. The molecule has 0 atom stereocenters. The van der Waals surface area contributed by atoms with Gasteiger partial charge >= 0.3 is 0 Å². The molecule has 0 saturated heterocycles. The van der Waals surface area contributed by atoms with Gasteiger partial charge in [0.2, 0.25) is 10.0 Å². The Balaban J connectivity index is 3.94. The van der Waals surface area contributed by atoms with Gasteiger partial charge in [-0.2, -0.15) is 0 Å². The summed E-state index contributed by atoms with van der Waals surface area (Å²) < 4.78 is 24.5. The Bertz CT molecular complexity index is 250. The number of sulfonamides is 1. The molecule has 0 spiro atoms. The molecule has 0 radical (unpaired) electrons. The fraction of sp³-hybridized carbons (Fsp3) is 0.778. The van der Waals surface area contributed by atoms with E-state index in [9.17, 15) is 8.42 Å². The minimum Gasteiger partial charge on any atom is -0.330 e. The third-order valence-corrected chi connectivity index (χ3v) is 3.90. The molecule has 0 aliphatic rings. The van der Waals surface area contributed by atoms with Gasteiger partial charge in [0.05, 0.1) is 5.75 Å². The van der Waals surface area contributed by atoms with Gasteiger partial charge in [-0.3, -0.25) is 0 Å². The first-order chi connectivity index (χ1) is 6.54. The maximum Gasteiger partial charge on any atom is 0.213 e. The number of allylic oxidation sites excluding steroid dienone is 1. The van der Waals surface area contributed by atoms with Crippen LogP contribution in [0.25, 0.3) is 0 Å². The lowest BCUT2D eigenvalue weighted by atomic mass is 10.3. The Kier molecular flexibility index (Phi) is 6.78. The number of hydrogen-bond donors (Lipinski definition) is 1. The summed E-state index contributed by atoms with van der Waals surface area (Å²) in [6, 6.07) is 0. The highest BCUT2D eigenvalue weighted by atomic mass is 32.2. The zero-order valence-corrected chi connectivity index (χ0v) is 9.59. The molecule has 84 valence electrons. The van der Waals surface area contributed by atoms with Crippen LogP contribution >= 0.6 is 0 Å². The normalized spacial score (nSPS) is 11.9. The number of nitrogens with zero attached hydrogens (tertiary/aromatic N) is 1. The quantitative estimate of drug-likeness (QED) is 0.480. The summed E-state index contributed by atoms with van der Waals surface area (Å²) >= 11 is 0. The van der Waals surface area contributed by atoms with Crippen LogP contribution in [0.4, 0.5) is 0 Å². The Morgan fingerprint density at radius 1 is 1.43 bits per heavy atom. The summed E-state index contributed by atoms with van der Waals surface area (Å²) in [5, 5.41) is 0. The first kappa shape index (κ1) is 13.6. The molecule has 0 heterocycles. The molecule has 0 aliphatic carbocycles. The maximum atomic E-state index is 11.5. The lowest BCUT2D eigenvalue weighted by Crippen LogP contribution is -2.30. The first-order valence-corrected chi connectivity index (χ1v) is 6.40. The largest absolute Gasteiger partial charge is 0.330 e. The van der Waals surface area contributed by atoms with E-state index >= 15 is 0 Å². The van der Waals surface area contributed by atoms with E-state index in [1.54, 1.807) is 13.1 Å². The summed E-state index contributed by atoms with van der Waals surface area (Å²) in [6.07, 6.45) is 3.98. The summed E-state index contributed by atoms with van der Waals surface area (Å²) in [6.45, 7) is 4.56. The van der Waals surface area contributed by atoms with Gasteiger partial charge in [-0.25, -0.2) is 12.7 Å². The molecule has 0 unspecified atom stereocenters. The second-order valence-electron chi connectivity index (χ2n) is 3.21. The van der Waals surface area contributed by atoms with E-state index in [0.29, 0.717) is 19.5 Å². The Labute approximate surface area is 86.8 Å². The number of hydrogen-bond acceptors (Lipinski definition) is 3. The number of nitrogens with two attached hydrogens (primary N) is 1. The summed E-state index contributed by atoms with van der Waals surface area (Å²) in [5.74, 6) is 0.147. The van der Waals surface area contributed by atoms with Crippen molar-refractivity contribution in [3.8, 4) is 0 Å². The highest BCUT2D eigenvalue weighted by Gasteiger charge is 2.15. The third kappa shape index (κ3) is 5.36. The van der Waals surface area contributed by atoms with Gasteiger partial charge in [0.25, 0.3) is 0 Å².